The van der Waals surface area contributed by atoms with E-state index in [4.69, 9.17) is 9.47 Å². The van der Waals surface area contributed by atoms with E-state index in [9.17, 15) is 23.9 Å². The van der Waals surface area contributed by atoms with Crippen molar-refractivity contribution in [1.82, 2.24) is 10.6 Å². The van der Waals surface area contributed by atoms with Crippen LogP contribution in [0, 0.1) is 34.4 Å². The van der Waals surface area contributed by atoms with Crippen molar-refractivity contribution < 1.29 is 33.4 Å². The molecular formula is C29H39FN2O6. The van der Waals surface area contributed by atoms with Crippen LogP contribution in [0.4, 0.5) is 4.39 Å². The van der Waals surface area contributed by atoms with Gasteiger partial charge in [-0.05, 0) is 88.0 Å². The Bertz CT molecular complexity index is 1110. The Hall–Kier alpha value is -2.84. The number of benzene rings is 1. The van der Waals surface area contributed by atoms with Crippen molar-refractivity contribution in [3.8, 4) is 11.5 Å². The van der Waals surface area contributed by atoms with Gasteiger partial charge in [0, 0.05) is 18.7 Å². The van der Waals surface area contributed by atoms with Crippen LogP contribution in [0.2, 0.25) is 0 Å². The number of carbonyl (C=O) groups is 3. The Balaban J connectivity index is 1.29. The monoisotopic (exact) mass is 530 g/mol. The zero-order valence-corrected chi connectivity index (χ0v) is 22.5. The quantitative estimate of drug-likeness (QED) is 0.439. The maximum Gasteiger partial charge on any atom is 0.309 e. The van der Waals surface area contributed by atoms with Crippen molar-refractivity contribution in [3.05, 3.63) is 23.5 Å². The van der Waals surface area contributed by atoms with Crippen LogP contribution >= 0.6 is 0 Å². The topological polar surface area (TPSA) is 114 Å². The number of aliphatic carboxylic acids is 1. The van der Waals surface area contributed by atoms with Crippen LogP contribution in [0.25, 0.3) is 0 Å². The fourth-order valence-electron chi connectivity index (χ4n) is 6.63. The highest BCUT2D eigenvalue weighted by Crippen LogP contribution is 2.49. The average Bonchev–Trinajstić information content (AvgIpc) is 3.29. The summed E-state index contributed by atoms with van der Waals surface area (Å²) in [4.78, 5) is 38.2. The summed E-state index contributed by atoms with van der Waals surface area (Å²) in [6.07, 6.45) is 6.64. The van der Waals surface area contributed by atoms with Crippen LogP contribution < -0.4 is 20.1 Å². The molecule has 1 aromatic rings. The Morgan fingerprint density at radius 1 is 1.03 bits per heavy atom. The largest absolute Gasteiger partial charge is 0.496 e. The van der Waals surface area contributed by atoms with Gasteiger partial charge < -0.3 is 25.2 Å². The summed E-state index contributed by atoms with van der Waals surface area (Å²) in [6.45, 7) is 4.56. The summed E-state index contributed by atoms with van der Waals surface area (Å²) in [6, 6.07) is 2.24. The summed E-state index contributed by atoms with van der Waals surface area (Å²) in [5, 5.41) is 15.7. The minimum Gasteiger partial charge on any atom is -0.496 e. The van der Waals surface area contributed by atoms with Crippen LogP contribution in [0.5, 0.6) is 11.5 Å². The predicted molar refractivity (Wildman–Crippen MR) is 138 cm³/mol. The molecule has 0 saturated heterocycles. The maximum absolute atomic E-state index is 14.9. The van der Waals surface area contributed by atoms with Gasteiger partial charge in [0.05, 0.1) is 30.1 Å². The summed E-state index contributed by atoms with van der Waals surface area (Å²) >= 11 is 0. The van der Waals surface area contributed by atoms with Crippen LogP contribution in [0.1, 0.15) is 82.0 Å². The Labute approximate surface area is 223 Å². The maximum atomic E-state index is 14.9. The molecule has 4 fully saturated rings. The van der Waals surface area contributed by atoms with Gasteiger partial charge in [-0.1, -0.05) is 6.92 Å². The van der Waals surface area contributed by atoms with Gasteiger partial charge in [-0.15, -0.1) is 0 Å². The number of fused-ring (bicyclic) bond motifs is 2. The number of hydrogen-bond acceptors (Lipinski definition) is 5. The molecule has 0 unspecified atom stereocenters. The van der Waals surface area contributed by atoms with Gasteiger partial charge in [0.1, 0.15) is 5.75 Å². The number of hydrogen-bond donors (Lipinski definition) is 3. The number of ether oxygens (including phenoxy) is 2. The molecular weight excluding hydrogens is 491 g/mol. The van der Waals surface area contributed by atoms with E-state index in [1.807, 2.05) is 0 Å². The summed E-state index contributed by atoms with van der Waals surface area (Å²) in [5.41, 5.74) is -0.444. The van der Waals surface area contributed by atoms with Gasteiger partial charge in [0.25, 0.3) is 5.91 Å². The van der Waals surface area contributed by atoms with E-state index in [1.54, 1.807) is 6.92 Å². The molecule has 4 atom stereocenters. The van der Waals surface area contributed by atoms with E-state index in [0.717, 1.165) is 38.2 Å². The summed E-state index contributed by atoms with van der Waals surface area (Å²) in [5.74, 6) is -1.61. The van der Waals surface area contributed by atoms with E-state index in [-0.39, 0.29) is 58.3 Å². The first-order valence-electron chi connectivity index (χ1n) is 13.9. The van der Waals surface area contributed by atoms with Crippen LogP contribution in [-0.2, 0) is 9.59 Å². The van der Waals surface area contributed by atoms with Crippen molar-refractivity contribution in [3.63, 3.8) is 0 Å². The lowest BCUT2D eigenvalue weighted by atomic mass is 9.75. The summed E-state index contributed by atoms with van der Waals surface area (Å²) in [7, 11) is 1.38. The van der Waals surface area contributed by atoms with Gasteiger partial charge in [0.2, 0.25) is 5.91 Å². The van der Waals surface area contributed by atoms with Gasteiger partial charge in [-0.2, -0.15) is 0 Å². The van der Waals surface area contributed by atoms with Gasteiger partial charge in [-0.3, -0.25) is 14.4 Å². The zero-order valence-electron chi connectivity index (χ0n) is 22.5. The van der Waals surface area contributed by atoms with Crippen molar-refractivity contribution in [1.29, 1.82) is 0 Å². The number of amides is 2. The highest BCUT2D eigenvalue weighted by Gasteiger charge is 2.52. The standard InChI is InChI=1S/C29H39FN2O6/c1-28(10-11-28)15-31-26(34)23-16-4-5-17(12-16)24(23)32-25(33)19-13-22(20(30)14-21(19)37-3)38-18-6-8-29(2,9-7-18)27(35)36/h13-14,16-18,23-24H,4-12,15H2,1-3H3,(H,31,34)(H,32,33)(H,35,36)/t16-,17+,18?,23+,24-,29?/m1/s1. The molecule has 4 aliphatic rings. The SMILES string of the molecule is COc1cc(F)c(OC2CCC(C)(C(=O)O)CC2)cc1C(=O)N[C@@H]1[C@H]2CC[C@H](C2)[C@@H]1C(=O)NCC1(C)CC1. The highest BCUT2D eigenvalue weighted by atomic mass is 19.1. The Morgan fingerprint density at radius 2 is 1.71 bits per heavy atom. The van der Waals surface area contributed by atoms with Crippen LogP contribution in [0.3, 0.4) is 0 Å². The summed E-state index contributed by atoms with van der Waals surface area (Å²) < 4.78 is 26.2. The third-order valence-electron chi connectivity index (χ3n) is 9.65. The zero-order chi connectivity index (χ0) is 27.2. The fraction of sp³-hybridized carbons (Fsp3) is 0.690. The second-order valence-corrected chi connectivity index (χ2v) is 12.6. The number of carboxylic acid groups (broad SMARTS) is 1. The molecule has 1 aromatic carbocycles. The lowest BCUT2D eigenvalue weighted by Gasteiger charge is -2.34. The normalized spacial score (nSPS) is 32.9. The van der Waals surface area contributed by atoms with E-state index < -0.39 is 23.1 Å². The first-order chi connectivity index (χ1) is 18.0. The molecule has 8 nitrogen and oxygen atoms in total. The first kappa shape index (κ1) is 26.8. The van der Waals surface area contributed by atoms with Crippen molar-refractivity contribution in [2.24, 2.45) is 28.6 Å². The van der Waals surface area contributed by atoms with Gasteiger partial charge in [-0.25, -0.2) is 4.39 Å². The van der Waals surface area contributed by atoms with Crippen molar-refractivity contribution in [2.75, 3.05) is 13.7 Å². The minimum absolute atomic E-state index is 0.0105. The van der Waals surface area contributed by atoms with Crippen LogP contribution in [0.15, 0.2) is 12.1 Å². The molecule has 3 N–H and O–H groups in total. The predicted octanol–water partition coefficient (Wildman–Crippen LogP) is 4.31. The number of carboxylic acids is 1. The second kappa shape index (κ2) is 10.0. The molecule has 0 aromatic heterocycles. The lowest BCUT2D eigenvalue weighted by molar-refractivity contribution is -0.150. The van der Waals surface area contributed by atoms with E-state index in [0.29, 0.717) is 32.2 Å². The highest BCUT2D eigenvalue weighted by molar-refractivity contribution is 5.98. The Kier molecular flexibility index (Phi) is 7.07. The van der Waals surface area contributed by atoms with E-state index in [1.165, 1.54) is 13.2 Å². The smallest absolute Gasteiger partial charge is 0.309 e. The molecule has 4 aliphatic carbocycles. The third-order valence-corrected chi connectivity index (χ3v) is 9.65. The van der Waals surface area contributed by atoms with Gasteiger partial charge >= 0.3 is 5.97 Å². The fourth-order valence-corrected chi connectivity index (χ4v) is 6.63. The molecule has 9 heteroatoms. The molecule has 208 valence electrons. The third kappa shape index (κ3) is 5.21. The lowest BCUT2D eigenvalue weighted by Crippen LogP contribution is -2.50. The molecule has 38 heavy (non-hydrogen) atoms. The van der Waals surface area contributed by atoms with E-state index in [2.05, 4.69) is 17.6 Å². The molecule has 5 rings (SSSR count). The van der Waals surface area contributed by atoms with Crippen molar-refractivity contribution in [2.45, 2.75) is 83.8 Å². The number of halogens is 1. The molecule has 2 amide bonds. The molecule has 0 spiro atoms. The molecule has 0 heterocycles. The number of carbonyl (C=O) groups excluding carboxylic acids is 2. The molecule has 0 radical (unpaired) electrons. The van der Waals surface area contributed by atoms with Crippen LogP contribution in [-0.4, -0.2) is 48.7 Å². The number of nitrogens with one attached hydrogen (secondary N) is 2. The number of methoxy groups -OCH3 is 1. The second-order valence-electron chi connectivity index (χ2n) is 12.6. The average molecular weight is 531 g/mol. The van der Waals surface area contributed by atoms with Gasteiger partial charge in [0.15, 0.2) is 11.6 Å². The van der Waals surface area contributed by atoms with Crippen molar-refractivity contribution >= 4 is 17.8 Å². The molecule has 2 bridgehead atoms. The Morgan fingerprint density at radius 3 is 2.34 bits per heavy atom. The minimum atomic E-state index is -0.833. The first-order valence-corrected chi connectivity index (χ1v) is 13.9. The molecule has 0 aliphatic heterocycles. The van der Waals surface area contributed by atoms with E-state index >= 15 is 0 Å². The number of rotatable bonds is 9. The molecule has 4 saturated carbocycles.